The first-order valence-electron chi connectivity index (χ1n) is 20.9. The summed E-state index contributed by atoms with van der Waals surface area (Å²) < 4.78 is 0. The maximum atomic E-state index is 5.33. The van der Waals surface area contributed by atoms with Gasteiger partial charge in [0.1, 0.15) is 0 Å². The molecule has 0 fully saturated rings. The molecule has 288 valence electrons. The topological polar surface area (TPSA) is 51.6 Å². The van der Waals surface area contributed by atoms with E-state index < -0.39 is 0 Å². The van der Waals surface area contributed by atoms with Gasteiger partial charge in [0.15, 0.2) is 5.82 Å². The average Bonchev–Trinajstić information content (AvgIpc) is 3.36. The first-order chi connectivity index (χ1) is 30.8. The van der Waals surface area contributed by atoms with E-state index in [1.165, 1.54) is 64.6 Å². The number of hydrogen-bond donors (Lipinski definition) is 0. The quantitative estimate of drug-likeness (QED) is 0.167. The van der Waals surface area contributed by atoms with Crippen molar-refractivity contribution in [2.45, 2.75) is 0 Å². The Morgan fingerprint density at radius 3 is 1.18 bits per heavy atom. The first kappa shape index (κ1) is 35.6. The molecule has 0 radical (unpaired) electrons. The van der Waals surface area contributed by atoms with Gasteiger partial charge in [0.25, 0.3) is 0 Å². The normalized spacial score (nSPS) is 11.5. The number of rotatable bonds is 4. The molecule has 0 aliphatic rings. The zero-order valence-electron chi connectivity index (χ0n) is 33.6. The van der Waals surface area contributed by atoms with E-state index in [0.29, 0.717) is 5.82 Å². The molecular weight excluding hydrogens is 753 g/mol. The third kappa shape index (κ3) is 5.92. The highest BCUT2D eigenvalue weighted by Crippen LogP contribution is 2.44. The maximum Gasteiger partial charge on any atom is 0.160 e. The summed E-state index contributed by atoms with van der Waals surface area (Å²) in [5.74, 6) is 0.655. The van der Waals surface area contributed by atoms with Crippen LogP contribution in [0.3, 0.4) is 0 Å². The van der Waals surface area contributed by atoms with Gasteiger partial charge in [0, 0.05) is 40.8 Å². The molecule has 0 bridgehead atoms. The zero-order valence-corrected chi connectivity index (χ0v) is 33.6. The van der Waals surface area contributed by atoms with Gasteiger partial charge >= 0.3 is 0 Å². The molecule has 0 amide bonds. The monoisotopic (exact) mass is 788 g/mol. The summed E-state index contributed by atoms with van der Waals surface area (Å²) in [6.45, 7) is 0. The summed E-state index contributed by atoms with van der Waals surface area (Å²) in [5, 5.41) is 16.8. The number of fused-ring (bicyclic) bond motifs is 15. The molecule has 0 N–H and O–H groups in total. The molecule has 0 unspecified atom stereocenters. The van der Waals surface area contributed by atoms with Gasteiger partial charge in [0.05, 0.1) is 17.1 Å². The summed E-state index contributed by atoms with van der Waals surface area (Å²) in [6, 6.07) is 71.8. The molecule has 0 aliphatic heterocycles. The second-order valence-corrected chi connectivity index (χ2v) is 15.7. The summed E-state index contributed by atoms with van der Waals surface area (Å²) in [5.41, 5.74) is 6.30. The third-order valence-electron chi connectivity index (χ3n) is 12.2. The molecule has 62 heavy (non-hydrogen) atoms. The van der Waals surface area contributed by atoms with Crippen molar-refractivity contribution in [3.05, 3.63) is 219 Å². The van der Waals surface area contributed by atoms with Gasteiger partial charge in [-0.15, -0.1) is 0 Å². The fourth-order valence-corrected chi connectivity index (χ4v) is 9.38. The van der Waals surface area contributed by atoms with Crippen molar-refractivity contribution in [1.29, 1.82) is 0 Å². The van der Waals surface area contributed by atoms with Gasteiger partial charge in [-0.1, -0.05) is 164 Å². The van der Waals surface area contributed by atoms with Crippen molar-refractivity contribution in [1.82, 2.24) is 19.9 Å². The molecule has 3 aromatic heterocycles. The number of benzene rings is 8. The molecule has 0 atom stereocenters. The molecule has 9 aromatic carbocycles. The van der Waals surface area contributed by atoms with E-state index in [1.807, 2.05) is 48.8 Å². The van der Waals surface area contributed by atoms with Gasteiger partial charge < -0.3 is 0 Å². The van der Waals surface area contributed by atoms with Crippen LogP contribution in [-0.4, -0.2) is 19.9 Å². The largest absolute Gasteiger partial charge is 0.264 e. The van der Waals surface area contributed by atoms with Gasteiger partial charge in [-0.25, -0.2) is 9.97 Å². The summed E-state index contributed by atoms with van der Waals surface area (Å²) in [6.07, 6.45) is 5.51. The van der Waals surface area contributed by atoms with E-state index in [-0.39, 0.29) is 0 Å². The molecule has 4 nitrogen and oxygen atoms in total. The Labute approximate surface area is 357 Å². The lowest BCUT2D eigenvalue weighted by Crippen LogP contribution is -1.96. The van der Waals surface area contributed by atoms with Crippen LogP contribution in [0.1, 0.15) is 0 Å². The minimum Gasteiger partial charge on any atom is -0.264 e. The van der Waals surface area contributed by atoms with Gasteiger partial charge in [0.2, 0.25) is 0 Å². The molecule has 0 saturated heterocycles. The van der Waals surface area contributed by atoms with E-state index in [2.05, 4.69) is 169 Å². The average molecular weight is 789 g/mol. The van der Waals surface area contributed by atoms with E-state index >= 15 is 0 Å². The van der Waals surface area contributed by atoms with Crippen LogP contribution in [0.5, 0.6) is 0 Å². The fourth-order valence-electron chi connectivity index (χ4n) is 9.38. The lowest BCUT2D eigenvalue weighted by molar-refractivity contribution is 1.18. The highest BCUT2D eigenvalue weighted by Gasteiger charge is 2.17. The van der Waals surface area contributed by atoms with Gasteiger partial charge in [-0.3, -0.25) is 9.97 Å². The SMILES string of the molecule is c1ccc(-c2nc(-c3ccc(-c4cccnc4)nc3)cc(-c3ccc4c5ccccc5c5ccccc5c5ccccc5c5c6ccccc6c6ccccc6c5c4c3)n2)cc1. The number of hydrogen-bond acceptors (Lipinski definition) is 4. The van der Waals surface area contributed by atoms with Crippen molar-refractivity contribution in [3.63, 3.8) is 0 Å². The van der Waals surface area contributed by atoms with E-state index in [4.69, 9.17) is 15.0 Å². The Bertz CT molecular complexity index is 3790. The second kappa shape index (κ2) is 14.7. The van der Waals surface area contributed by atoms with Crippen LogP contribution in [0.15, 0.2) is 219 Å². The van der Waals surface area contributed by atoms with Crippen LogP contribution in [0.25, 0.3) is 121 Å². The molecule has 12 rings (SSSR count). The molecular formula is C58H36N4. The fraction of sp³-hybridized carbons (Fsp3) is 0. The highest BCUT2D eigenvalue weighted by molar-refractivity contribution is 6.38. The Morgan fingerprint density at radius 2 is 0.677 bits per heavy atom. The molecule has 0 aliphatic carbocycles. The Morgan fingerprint density at radius 1 is 0.258 bits per heavy atom. The molecule has 3 heterocycles. The van der Waals surface area contributed by atoms with Crippen LogP contribution < -0.4 is 0 Å². The summed E-state index contributed by atoms with van der Waals surface area (Å²) >= 11 is 0. The van der Waals surface area contributed by atoms with Crippen molar-refractivity contribution in [2.24, 2.45) is 0 Å². The molecule has 4 heteroatoms. The smallest absolute Gasteiger partial charge is 0.160 e. The third-order valence-corrected chi connectivity index (χ3v) is 12.2. The maximum absolute atomic E-state index is 5.33. The van der Waals surface area contributed by atoms with Crippen LogP contribution in [0, 0.1) is 0 Å². The lowest BCUT2D eigenvalue weighted by Gasteiger charge is -2.16. The van der Waals surface area contributed by atoms with Gasteiger partial charge in [-0.05, 0) is 112 Å². The Kier molecular flexibility index (Phi) is 8.46. The molecule has 12 aromatic rings. The zero-order chi connectivity index (χ0) is 41.0. The summed E-state index contributed by atoms with van der Waals surface area (Å²) in [4.78, 5) is 19.7. The standard InChI is InChI=1S/C58H36N4/c1-2-15-37(16-3-1)58-61-54(34-55(62-58)40-29-31-53(60-36-40)39-17-14-32-59-35-39)38-28-30-48-44-21-7-5-19-42(44)41-18-4-6-20-43(41)45-22-8-11-25-49(45)56-50-26-12-9-23-46(50)47-24-10-13-27-51(47)57(56)52(48)33-38/h1-36H. The van der Waals surface area contributed by atoms with Crippen LogP contribution in [-0.2, 0) is 0 Å². The van der Waals surface area contributed by atoms with Gasteiger partial charge in [-0.2, -0.15) is 0 Å². The Hall–Kier alpha value is -8.34. The second-order valence-electron chi connectivity index (χ2n) is 15.7. The Balaban J connectivity index is 1.25. The minimum absolute atomic E-state index is 0.655. The van der Waals surface area contributed by atoms with E-state index in [0.717, 1.165) is 50.1 Å². The summed E-state index contributed by atoms with van der Waals surface area (Å²) in [7, 11) is 0. The predicted octanol–water partition coefficient (Wildman–Crippen LogP) is 15.1. The first-order valence-corrected chi connectivity index (χ1v) is 20.9. The van der Waals surface area contributed by atoms with Crippen LogP contribution in [0.2, 0.25) is 0 Å². The lowest BCUT2D eigenvalue weighted by atomic mass is 9.88. The number of pyridine rings is 2. The van der Waals surface area contributed by atoms with Crippen molar-refractivity contribution in [2.75, 3.05) is 0 Å². The van der Waals surface area contributed by atoms with E-state index in [1.54, 1.807) is 6.20 Å². The van der Waals surface area contributed by atoms with Crippen molar-refractivity contribution < 1.29 is 0 Å². The minimum atomic E-state index is 0.655. The molecule has 0 spiro atoms. The molecule has 0 saturated carbocycles. The van der Waals surface area contributed by atoms with E-state index in [9.17, 15) is 0 Å². The highest BCUT2D eigenvalue weighted by atomic mass is 14.9. The number of nitrogens with zero attached hydrogens (tertiary/aromatic N) is 4. The van der Waals surface area contributed by atoms with Crippen LogP contribution in [0.4, 0.5) is 0 Å². The van der Waals surface area contributed by atoms with Crippen molar-refractivity contribution in [3.8, 4) is 45.2 Å². The predicted molar refractivity (Wildman–Crippen MR) is 260 cm³/mol. The van der Waals surface area contributed by atoms with Crippen molar-refractivity contribution >= 4 is 75.4 Å². The number of aromatic nitrogens is 4. The van der Waals surface area contributed by atoms with Crippen LogP contribution >= 0.6 is 0 Å².